The SMILES string of the molecule is c1ccc2c(c1)-c1ccccc1C21c2ccccc2C2(c3ccc(-c4cnc5c(ccc6cccnc65)c4)cc3-c3ccc4c(sc5ccccc54)c32)c2ccccc21. The molecule has 8 aromatic carbocycles. The quantitative estimate of drug-likeness (QED) is 0.156. The fourth-order valence-corrected chi connectivity index (χ4v) is 12.9. The molecular weight excluding hydrogens is 733 g/mol. The summed E-state index contributed by atoms with van der Waals surface area (Å²) in [6, 6.07) is 68.7. The number of hydrogen-bond acceptors (Lipinski definition) is 3. The highest BCUT2D eigenvalue weighted by Gasteiger charge is 2.59. The van der Waals surface area contributed by atoms with E-state index in [1.165, 1.54) is 86.9 Å². The van der Waals surface area contributed by atoms with E-state index in [1.807, 2.05) is 29.8 Å². The zero-order valence-corrected chi connectivity index (χ0v) is 32.6. The molecule has 59 heavy (non-hydrogen) atoms. The zero-order valence-electron chi connectivity index (χ0n) is 31.8. The van der Waals surface area contributed by atoms with Gasteiger partial charge in [-0.2, -0.15) is 0 Å². The maximum Gasteiger partial charge on any atom is 0.0964 e. The van der Waals surface area contributed by atoms with Crippen molar-refractivity contribution in [3.05, 3.63) is 239 Å². The van der Waals surface area contributed by atoms with E-state index in [-0.39, 0.29) is 0 Å². The van der Waals surface area contributed by atoms with Gasteiger partial charge in [0.2, 0.25) is 0 Å². The highest BCUT2D eigenvalue weighted by atomic mass is 32.1. The first kappa shape index (κ1) is 31.8. The molecule has 0 atom stereocenters. The van der Waals surface area contributed by atoms with Crippen molar-refractivity contribution >= 4 is 53.3 Å². The zero-order chi connectivity index (χ0) is 38.5. The van der Waals surface area contributed by atoms with Gasteiger partial charge in [0, 0.05) is 48.9 Å². The van der Waals surface area contributed by atoms with Crippen LogP contribution in [-0.2, 0) is 10.8 Å². The topological polar surface area (TPSA) is 25.8 Å². The van der Waals surface area contributed by atoms with E-state index in [0.29, 0.717) is 0 Å². The maximum atomic E-state index is 5.05. The summed E-state index contributed by atoms with van der Waals surface area (Å²) in [7, 11) is 0. The van der Waals surface area contributed by atoms with E-state index in [4.69, 9.17) is 9.97 Å². The molecule has 0 radical (unpaired) electrons. The first-order chi connectivity index (χ1) is 29.3. The molecule has 3 heterocycles. The molecule has 0 saturated carbocycles. The Morgan fingerprint density at radius 1 is 0.373 bits per heavy atom. The Hall–Kier alpha value is -7.20. The Balaban J connectivity index is 1.11. The molecule has 0 unspecified atom stereocenters. The van der Waals surface area contributed by atoms with E-state index in [0.717, 1.165) is 32.9 Å². The van der Waals surface area contributed by atoms with Crippen molar-refractivity contribution in [3.63, 3.8) is 0 Å². The molecule has 0 aliphatic heterocycles. The molecule has 0 saturated heterocycles. The molecule has 3 heteroatoms. The predicted octanol–water partition coefficient (Wildman–Crippen LogP) is 13.9. The van der Waals surface area contributed by atoms with Crippen LogP contribution in [0.3, 0.4) is 0 Å². The van der Waals surface area contributed by atoms with Crippen LogP contribution < -0.4 is 0 Å². The molecule has 0 bridgehead atoms. The van der Waals surface area contributed by atoms with Crippen LogP contribution in [0.25, 0.3) is 75.4 Å². The summed E-state index contributed by atoms with van der Waals surface area (Å²) >= 11 is 1.94. The third-order valence-electron chi connectivity index (χ3n) is 13.8. The van der Waals surface area contributed by atoms with Gasteiger partial charge in [-0.1, -0.05) is 158 Å². The number of fused-ring (bicyclic) bond motifs is 23. The molecule has 14 rings (SSSR count). The molecule has 3 aliphatic rings. The van der Waals surface area contributed by atoms with Gasteiger partial charge in [-0.05, 0) is 96.6 Å². The first-order valence-corrected chi connectivity index (χ1v) is 21.2. The van der Waals surface area contributed by atoms with Gasteiger partial charge in [0.1, 0.15) is 0 Å². The summed E-state index contributed by atoms with van der Waals surface area (Å²) in [5.41, 5.74) is 19.2. The summed E-state index contributed by atoms with van der Waals surface area (Å²) in [5, 5.41) is 4.84. The second-order valence-corrected chi connectivity index (χ2v) is 17.4. The van der Waals surface area contributed by atoms with Gasteiger partial charge in [-0.25, -0.2) is 0 Å². The summed E-state index contributed by atoms with van der Waals surface area (Å²) in [5.74, 6) is 0. The third kappa shape index (κ3) is 3.78. The van der Waals surface area contributed by atoms with Crippen molar-refractivity contribution in [2.75, 3.05) is 0 Å². The Morgan fingerprint density at radius 2 is 0.983 bits per heavy atom. The van der Waals surface area contributed by atoms with E-state index in [9.17, 15) is 0 Å². The summed E-state index contributed by atoms with van der Waals surface area (Å²) in [6.07, 6.45) is 3.88. The molecule has 0 N–H and O–H groups in total. The lowest BCUT2D eigenvalue weighted by Crippen LogP contribution is -2.43. The highest BCUT2D eigenvalue weighted by molar-refractivity contribution is 7.26. The minimum absolute atomic E-state index is 0.474. The van der Waals surface area contributed by atoms with Crippen LogP contribution in [0.15, 0.2) is 194 Å². The molecule has 2 spiro atoms. The van der Waals surface area contributed by atoms with Crippen molar-refractivity contribution in [3.8, 4) is 33.4 Å². The summed E-state index contributed by atoms with van der Waals surface area (Å²) in [6.45, 7) is 0. The standard InChI is InChI=1S/C56H32N2S/c1-4-16-43-37(13-1)38-14-2-5-17-44(38)55(43)46-18-6-8-20-48(46)56(49-21-9-7-19-47(49)55)45-28-25-34(36-30-35-24-23-33-12-11-29-57-52(33)53(35)58-32-36)31-42(45)40-26-27-41-39-15-3-10-22-50(39)59-54(41)51(40)56/h1-32H. The Kier molecular flexibility index (Phi) is 6.07. The number of benzene rings is 8. The van der Waals surface area contributed by atoms with Crippen LogP contribution in [0.5, 0.6) is 0 Å². The van der Waals surface area contributed by atoms with Gasteiger partial charge in [0.05, 0.1) is 21.9 Å². The number of hydrogen-bond donors (Lipinski definition) is 0. The van der Waals surface area contributed by atoms with Crippen LogP contribution in [0.1, 0.15) is 44.5 Å². The van der Waals surface area contributed by atoms with Crippen LogP contribution in [0.4, 0.5) is 0 Å². The van der Waals surface area contributed by atoms with Crippen LogP contribution in [0.2, 0.25) is 0 Å². The normalized spacial score (nSPS) is 14.7. The lowest BCUT2D eigenvalue weighted by molar-refractivity contribution is 0.636. The number of pyridine rings is 2. The second kappa shape index (κ2) is 11.3. The molecule has 0 fully saturated rings. The van der Waals surface area contributed by atoms with Crippen LogP contribution in [0, 0.1) is 0 Å². The molecule has 0 amide bonds. The first-order valence-electron chi connectivity index (χ1n) is 20.4. The summed E-state index contributed by atoms with van der Waals surface area (Å²) < 4.78 is 2.68. The third-order valence-corrected chi connectivity index (χ3v) is 15.0. The van der Waals surface area contributed by atoms with Crippen molar-refractivity contribution in [2.45, 2.75) is 10.8 Å². The van der Waals surface area contributed by atoms with Crippen molar-refractivity contribution < 1.29 is 0 Å². The monoisotopic (exact) mass is 764 g/mol. The fourth-order valence-electron chi connectivity index (χ4n) is 11.6. The summed E-state index contributed by atoms with van der Waals surface area (Å²) in [4.78, 5) is 9.75. The van der Waals surface area contributed by atoms with E-state index in [1.54, 1.807) is 0 Å². The number of aromatic nitrogens is 2. The Labute approximate surface area is 344 Å². The van der Waals surface area contributed by atoms with Gasteiger partial charge >= 0.3 is 0 Å². The van der Waals surface area contributed by atoms with E-state index in [2.05, 4.69) is 176 Å². The largest absolute Gasteiger partial charge is 0.254 e. The molecule has 2 nitrogen and oxygen atoms in total. The number of rotatable bonds is 1. The molecule has 272 valence electrons. The van der Waals surface area contributed by atoms with Crippen LogP contribution in [-0.4, -0.2) is 9.97 Å². The molecular formula is C56H32N2S. The van der Waals surface area contributed by atoms with Gasteiger partial charge in [0.25, 0.3) is 0 Å². The highest BCUT2D eigenvalue weighted by Crippen LogP contribution is 2.68. The smallest absolute Gasteiger partial charge is 0.0964 e. The van der Waals surface area contributed by atoms with Crippen molar-refractivity contribution in [1.29, 1.82) is 0 Å². The number of thiophene rings is 1. The predicted molar refractivity (Wildman–Crippen MR) is 244 cm³/mol. The van der Waals surface area contributed by atoms with E-state index >= 15 is 0 Å². The fraction of sp³-hybridized carbons (Fsp3) is 0.0357. The Bertz CT molecular complexity index is 3550. The van der Waals surface area contributed by atoms with Gasteiger partial charge in [-0.15, -0.1) is 11.3 Å². The van der Waals surface area contributed by atoms with Gasteiger partial charge in [0.15, 0.2) is 0 Å². The molecule has 11 aromatic rings. The molecule has 3 aliphatic carbocycles. The lowest BCUT2D eigenvalue weighted by Gasteiger charge is -2.49. The average molecular weight is 765 g/mol. The number of nitrogens with zero attached hydrogens (tertiary/aromatic N) is 2. The second-order valence-electron chi connectivity index (χ2n) is 16.3. The van der Waals surface area contributed by atoms with Crippen molar-refractivity contribution in [1.82, 2.24) is 9.97 Å². The van der Waals surface area contributed by atoms with Crippen LogP contribution >= 0.6 is 11.3 Å². The minimum atomic E-state index is -0.569. The average Bonchev–Trinajstić information content (AvgIpc) is 3.93. The van der Waals surface area contributed by atoms with Crippen molar-refractivity contribution in [2.24, 2.45) is 0 Å². The minimum Gasteiger partial charge on any atom is -0.254 e. The molecule has 3 aromatic heterocycles. The maximum absolute atomic E-state index is 5.05. The van der Waals surface area contributed by atoms with E-state index < -0.39 is 10.8 Å². The van der Waals surface area contributed by atoms with Gasteiger partial charge in [-0.3, -0.25) is 9.97 Å². The Morgan fingerprint density at radius 3 is 1.73 bits per heavy atom. The van der Waals surface area contributed by atoms with Gasteiger partial charge < -0.3 is 0 Å². The lowest BCUT2D eigenvalue weighted by atomic mass is 9.52.